The molecule has 4 rings (SSSR count). The lowest BCUT2D eigenvalue weighted by molar-refractivity contribution is -0.124. The molecule has 1 aliphatic carbocycles. The number of carboxylic acids is 1. The van der Waals surface area contributed by atoms with E-state index in [2.05, 4.69) is 12.0 Å². The molecule has 10 heteroatoms. The number of sulfonamides is 1. The number of benzene rings is 1. The number of para-hydroxylation sites is 1. The number of nitrogens with zero attached hydrogens (tertiary/aromatic N) is 4. The van der Waals surface area contributed by atoms with Crippen molar-refractivity contribution in [1.29, 1.82) is 0 Å². The van der Waals surface area contributed by atoms with Gasteiger partial charge in [0.15, 0.2) is 5.82 Å². The van der Waals surface area contributed by atoms with Gasteiger partial charge < -0.3 is 5.11 Å². The Hall–Kier alpha value is -2.72. The molecule has 2 aromatic rings. The lowest BCUT2D eigenvalue weighted by Crippen LogP contribution is -2.51. The minimum absolute atomic E-state index is 0.0353. The molecule has 0 radical (unpaired) electrons. The van der Waals surface area contributed by atoms with Gasteiger partial charge >= 0.3 is 5.97 Å². The largest absolute Gasteiger partial charge is 0.477 e. The van der Waals surface area contributed by atoms with Crippen molar-refractivity contribution in [3.05, 3.63) is 42.1 Å². The molecule has 1 saturated carbocycles. The van der Waals surface area contributed by atoms with E-state index < -0.39 is 16.0 Å². The zero-order valence-corrected chi connectivity index (χ0v) is 20.4. The van der Waals surface area contributed by atoms with Gasteiger partial charge in [0, 0.05) is 31.2 Å². The van der Waals surface area contributed by atoms with Gasteiger partial charge in [-0.3, -0.25) is 9.69 Å². The Bertz CT molecular complexity index is 1130. The van der Waals surface area contributed by atoms with E-state index in [0.717, 1.165) is 25.7 Å². The molecule has 0 atom stereocenters. The van der Waals surface area contributed by atoms with Crippen LogP contribution in [-0.4, -0.2) is 64.9 Å². The highest BCUT2D eigenvalue weighted by Crippen LogP contribution is 2.34. The highest BCUT2D eigenvalue weighted by Gasteiger charge is 2.39. The molecule has 0 spiro atoms. The second-order valence-corrected chi connectivity index (χ2v) is 11.5. The molecule has 9 nitrogen and oxygen atoms in total. The van der Waals surface area contributed by atoms with Crippen LogP contribution in [0.2, 0.25) is 0 Å². The van der Waals surface area contributed by atoms with Crippen LogP contribution in [0.4, 0.5) is 5.82 Å². The van der Waals surface area contributed by atoms with E-state index in [0.29, 0.717) is 24.4 Å². The fraction of sp³-hybridized carbons (Fsp3) is 0.542. The van der Waals surface area contributed by atoms with Crippen molar-refractivity contribution in [2.24, 2.45) is 11.8 Å². The van der Waals surface area contributed by atoms with Crippen LogP contribution in [0.15, 0.2) is 36.5 Å². The lowest BCUT2D eigenvalue weighted by Gasteiger charge is -2.39. The Morgan fingerprint density at radius 3 is 2.21 bits per heavy atom. The van der Waals surface area contributed by atoms with Gasteiger partial charge in [-0.05, 0) is 56.6 Å². The molecule has 2 heterocycles. The average molecular weight is 489 g/mol. The predicted octanol–water partition coefficient (Wildman–Crippen LogP) is 3.15. The number of carbonyl (C=O) groups is 2. The summed E-state index contributed by atoms with van der Waals surface area (Å²) in [4.78, 5) is 27.6. The van der Waals surface area contributed by atoms with Crippen molar-refractivity contribution in [1.82, 2.24) is 14.1 Å². The quantitative estimate of drug-likeness (QED) is 0.668. The first kappa shape index (κ1) is 24.4. The number of aromatic nitrogens is 2. The first-order valence-corrected chi connectivity index (χ1v) is 13.7. The summed E-state index contributed by atoms with van der Waals surface area (Å²) in [7, 11) is -3.32. The van der Waals surface area contributed by atoms with Gasteiger partial charge in [0.25, 0.3) is 0 Å². The fourth-order valence-corrected chi connectivity index (χ4v) is 5.87. The van der Waals surface area contributed by atoms with Crippen LogP contribution in [0.1, 0.15) is 55.8 Å². The maximum atomic E-state index is 13.9. The SMILES string of the molecule is CC1CCC(C(=O)N(c2nn(-c3ccccc3)cc2C(=O)O)C2CCN(S(C)(=O)=O)CC2)CC1. The number of aromatic carboxylic acids is 1. The summed E-state index contributed by atoms with van der Waals surface area (Å²) in [6.45, 7) is 2.76. The minimum atomic E-state index is -3.32. The number of hydrogen-bond acceptors (Lipinski definition) is 5. The molecule has 2 fully saturated rings. The Balaban J connectivity index is 1.71. The van der Waals surface area contributed by atoms with Crippen molar-refractivity contribution >= 4 is 27.7 Å². The zero-order valence-electron chi connectivity index (χ0n) is 19.6. The summed E-state index contributed by atoms with van der Waals surface area (Å²) in [5, 5.41) is 14.6. The monoisotopic (exact) mass is 488 g/mol. The number of carbonyl (C=O) groups excluding carboxylic acids is 1. The molecule has 2 aliphatic rings. The normalized spacial score (nSPS) is 22.4. The molecule has 34 heavy (non-hydrogen) atoms. The number of piperidine rings is 1. The van der Waals surface area contributed by atoms with Gasteiger partial charge in [-0.15, -0.1) is 5.10 Å². The summed E-state index contributed by atoms with van der Waals surface area (Å²) in [6, 6.07) is 8.86. The van der Waals surface area contributed by atoms with Gasteiger partial charge in [-0.1, -0.05) is 25.1 Å². The smallest absolute Gasteiger partial charge is 0.341 e. The van der Waals surface area contributed by atoms with E-state index in [1.165, 1.54) is 21.4 Å². The van der Waals surface area contributed by atoms with Crippen LogP contribution in [0, 0.1) is 11.8 Å². The van der Waals surface area contributed by atoms with E-state index >= 15 is 0 Å². The van der Waals surface area contributed by atoms with Crippen molar-refractivity contribution in [3.8, 4) is 5.69 Å². The molecule has 1 saturated heterocycles. The highest BCUT2D eigenvalue weighted by molar-refractivity contribution is 7.88. The Kier molecular flexibility index (Phi) is 7.09. The molecule has 184 valence electrons. The topological polar surface area (TPSA) is 113 Å². The minimum Gasteiger partial charge on any atom is -0.477 e. The number of rotatable bonds is 6. The molecule has 1 N–H and O–H groups in total. The third-order valence-electron chi connectivity index (χ3n) is 7.03. The molecular formula is C24H32N4O5S. The van der Waals surface area contributed by atoms with Gasteiger partial charge in [-0.2, -0.15) is 0 Å². The van der Waals surface area contributed by atoms with Gasteiger partial charge in [0.1, 0.15) is 5.56 Å². The maximum Gasteiger partial charge on any atom is 0.341 e. The van der Waals surface area contributed by atoms with E-state index in [1.807, 2.05) is 30.3 Å². The van der Waals surface area contributed by atoms with Crippen LogP contribution in [-0.2, 0) is 14.8 Å². The van der Waals surface area contributed by atoms with Gasteiger partial charge in [0.2, 0.25) is 15.9 Å². The van der Waals surface area contributed by atoms with E-state index in [-0.39, 0.29) is 42.3 Å². The predicted molar refractivity (Wildman–Crippen MR) is 129 cm³/mol. The van der Waals surface area contributed by atoms with E-state index in [9.17, 15) is 23.1 Å². The summed E-state index contributed by atoms with van der Waals surface area (Å²) >= 11 is 0. The second kappa shape index (κ2) is 9.87. The third-order valence-corrected chi connectivity index (χ3v) is 8.34. The highest BCUT2D eigenvalue weighted by atomic mass is 32.2. The number of anilines is 1. The van der Waals surface area contributed by atoms with Crippen LogP contribution in [0.5, 0.6) is 0 Å². The van der Waals surface area contributed by atoms with Crippen LogP contribution >= 0.6 is 0 Å². The number of hydrogen-bond donors (Lipinski definition) is 1. The summed E-state index contributed by atoms with van der Waals surface area (Å²) in [5.74, 6) is -0.737. The molecule has 1 amide bonds. The van der Waals surface area contributed by atoms with Crippen LogP contribution in [0.25, 0.3) is 5.69 Å². The number of amides is 1. The van der Waals surface area contributed by atoms with Crippen molar-refractivity contribution in [2.45, 2.75) is 51.5 Å². The third kappa shape index (κ3) is 5.17. The molecule has 0 bridgehead atoms. The second-order valence-electron chi connectivity index (χ2n) is 9.51. The Labute approximate surface area is 200 Å². The molecular weight excluding hydrogens is 456 g/mol. The van der Waals surface area contributed by atoms with Crippen molar-refractivity contribution in [2.75, 3.05) is 24.2 Å². The van der Waals surface area contributed by atoms with Crippen LogP contribution < -0.4 is 4.90 Å². The van der Waals surface area contributed by atoms with E-state index in [4.69, 9.17) is 0 Å². The van der Waals surface area contributed by atoms with E-state index in [1.54, 1.807) is 4.90 Å². The Morgan fingerprint density at radius 1 is 1.03 bits per heavy atom. The summed E-state index contributed by atoms with van der Waals surface area (Å²) in [6.07, 6.45) is 6.94. The average Bonchev–Trinajstić information content (AvgIpc) is 3.25. The molecule has 0 unspecified atom stereocenters. The van der Waals surface area contributed by atoms with Crippen molar-refractivity contribution in [3.63, 3.8) is 0 Å². The zero-order chi connectivity index (χ0) is 24.5. The van der Waals surface area contributed by atoms with Gasteiger partial charge in [0.05, 0.1) is 11.9 Å². The first-order valence-electron chi connectivity index (χ1n) is 11.8. The summed E-state index contributed by atoms with van der Waals surface area (Å²) in [5.41, 5.74) is 0.661. The van der Waals surface area contributed by atoms with Crippen LogP contribution in [0.3, 0.4) is 0 Å². The first-order chi connectivity index (χ1) is 16.1. The fourth-order valence-electron chi connectivity index (χ4n) is 5.00. The standard InChI is InChI=1S/C24H32N4O5S/c1-17-8-10-18(11-9-17)23(29)28(20-12-14-26(15-13-20)34(2,32)33)22-21(24(30)31)16-27(25-22)19-6-4-3-5-7-19/h3-7,16-18,20H,8-15H2,1-2H3,(H,30,31). The summed E-state index contributed by atoms with van der Waals surface area (Å²) < 4.78 is 26.9. The van der Waals surface area contributed by atoms with Crippen molar-refractivity contribution < 1.29 is 23.1 Å². The maximum absolute atomic E-state index is 13.9. The molecule has 1 aliphatic heterocycles. The Morgan fingerprint density at radius 2 is 1.65 bits per heavy atom. The van der Waals surface area contributed by atoms with Gasteiger partial charge in [-0.25, -0.2) is 22.2 Å². The lowest BCUT2D eigenvalue weighted by atomic mass is 9.82. The molecule has 1 aromatic carbocycles. The molecule has 1 aromatic heterocycles. The number of carboxylic acid groups (broad SMARTS) is 1.